The van der Waals surface area contributed by atoms with Crippen LogP contribution in [0.25, 0.3) is 0 Å². The average molecular weight is 351 g/mol. The molecule has 3 aromatic rings. The van der Waals surface area contributed by atoms with Gasteiger partial charge in [0.2, 0.25) is 0 Å². The van der Waals surface area contributed by atoms with E-state index in [9.17, 15) is 4.79 Å². The van der Waals surface area contributed by atoms with Crippen LogP contribution in [-0.4, -0.2) is 25.5 Å². The third-order valence-electron chi connectivity index (χ3n) is 4.43. The van der Waals surface area contributed by atoms with Crippen LogP contribution in [0.3, 0.4) is 0 Å². The van der Waals surface area contributed by atoms with Crippen molar-refractivity contribution in [2.45, 2.75) is 46.8 Å². The topological polar surface area (TPSA) is 64.7 Å². The van der Waals surface area contributed by atoms with E-state index < -0.39 is 0 Å². The molecule has 0 saturated heterocycles. The molecule has 1 N–H and O–H groups in total. The molecule has 6 heteroatoms. The molecule has 1 amide bonds. The molecule has 0 aliphatic heterocycles. The Morgan fingerprint density at radius 3 is 2.46 bits per heavy atom. The Morgan fingerprint density at radius 2 is 1.88 bits per heavy atom. The zero-order valence-electron chi connectivity index (χ0n) is 15.7. The fourth-order valence-electron chi connectivity index (χ4n) is 2.91. The average Bonchev–Trinajstić information content (AvgIpc) is 3.22. The molecule has 0 radical (unpaired) electrons. The van der Waals surface area contributed by atoms with Gasteiger partial charge < -0.3 is 5.32 Å². The van der Waals surface area contributed by atoms with E-state index in [0.717, 1.165) is 29.2 Å². The highest BCUT2D eigenvalue weighted by atomic mass is 16.1. The number of carbonyl (C=O) groups excluding carboxylic acids is 1. The van der Waals surface area contributed by atoms with Gasteiger partial charge in [-0.1, -0.05) is 12.1 Å². The van der Waals surface area contributed by atoms with Crippen molar-refractivity contribution in [1.29, 1.82) is 0 Å². The first-order chi connectivity index (χ1) is 12.5. The largest absolute Gasteiger partial charge is 0.344 e. The minimum atomic E-state index is -0.135. The van der Waals surface area contributed by atoms with Gasteiger partial charge in [-0.25, -0.2) is 0 Å². The van der Waals surface area contributed by atoms with Crippen molar-refractivity contribution in [2.75, 3.05) is 0 Å². The van der Waals surface area contributed by atoms with Crippen LogP contribution in [0.1, 0.15) is 52.9 Å². The second-order valence-electron chi connectivity index (χ2n) is 6.57. The van der Waals surface area contributed by atoms with Crippen molar-refractivity contribution < 1.29 is 4.79 Å². The van der Waals surface area contributed by atoms with E-state index in [-0.39, 0.29) is 11.9 Å². The number of aromatic nitrogens is 4. The Balaban J connectivity index is 1.64. The molecule has 2 heterocycles. The Morgan fingerprint density at radius 1 is 1.15 bits per heavy atom. The predicted octanol–water partition coefficient (Wildman–Crippen LogP) is 3.26. The van der Waals surface area contributed by atoms with Gasteiger partial charge in [0.25, 0.3) is 5.91 Å². The summed E-state index contributed by atoms with van der Waals surface area (Å²) < 4.78 is 3.82. The van der Waals surface area contributed by atoms with Crippen LogP contribution in [0.15, 0.2) is 42.6 Å². The van der Waals surface area contributed by atoms with Crippen LogP contribution in [0.4, 0.5) is 0 Å². The maximum absolute atomic E-state index is 12.5. The summed E-state index contributed by atoms with van der Waals surface area (Å²) in [5.74, 6) is -0.0961. The molecule has 0 spiro atoms. The van der Waals surface area contributed by atoms with Crippen molar-refractivity contribution >= 4 is 5.91 Å². The van der Waals surface area contributed by atoms with Crippen LogP contribution in [0, 0.1) is 13.8 Å². The quantitative estimate of drug-likeness (QED) is 0.741. The van der Waals surface area contributed by atoms with Crippen molar-refractivity contribution in [3.63, 3.8) is 0 Å². The molecule has 0 aliphatic carbocycles. The molecule has 3 rings (SSSR count). The zero-order valence-corrected chi connectivity index (χ0v) is 15.7. The van der Waals surface area contributed by atoms with Crippen LogP contribution < -0.4 is 5.32 Å². The molecule has 1 unspecified atom stereocenters. The molecule has 2 aromatic heterocycles. The van der Waals surface area contributed by atoms with Gasteiger partial charge in [-0.15, -0.1) is 0 Å². The molecule has 136 valence electrons. The fourth-order valence-corrected chi connectivity index (χ4v) is 2.91. The number of carbonyl (C=O) groups is 1. The molecule has 1 atom stereocenters. The molecular weight excluding hydrogens is 326 g/mol. The number of hydrogen-bond donors (Lipinski definition) is 1. The number of nitrogens with one attached hydrogen (secondary N) is 1. The maximum atomic E-state index is 12.5. The van der Waals surface area contributed by atoms with Crippen molar-refractivity contribution in [1.82, 2.24) is 24.9 Å². The van der Waals surface area contributed by atoms with Gasteiger partial charge in [0, 0.05) is 24.0 Å². The summed E-state index contributed by atoms with van der Waals surface area (Å²) in [6.45, 7) is 9.53. The lowest BCUT2D eigenvalue weighted by Gasteiger charge is -2.12. The Hall–Kier alpha value is -2.89. The highest BCUT2D eigenvalue weighted by molar-refractivity contribution is 5.94. The van der Waals surface area contributed by atoms with E-state index in [0.29, 0.717) is 12.1 Å². The lowest BCUT2D eigenvalue weighted by Crippen LogP contribution is -2.27. The third kappa shape index (κ3) is 4.02. The molecular formula is C20H25N5O. The Bertz CT molecular complexity index is 891. The summed E-state index contributed by atoms with van der Waals surface area (Å²) in [6, 6.07) is 11.5. The normalized spacial score (nSPS) is 12.2. The summed E-state index contributed by atoms with van der Waals surface area (Å²) in [7, 11) is 0. The van der Waals surface area contributed by atoms with Gasteiger partial charge in [0.1, 0.15) is 0 Å². The number of rotatable bonds is 6. The van der Waals surface area contributed by atoms with Crippen molar-refractivity contribution in [3.05, 3.63) is 70.8 Å². The fraction of sp³-hybridized carbons (Fsp3) is 0.350. The van der Waals surface area contributed by atoms with Crippen molar-refractivity contribution in [2.24, 2.45) is 0 Å². The number of aryl methyl sites for hydroxylation is 3. The van der Waals surface area contributed by atoms with E-state index >= 15 is 0 Å². The van der Waals surface area contributed by atoms with Gasteiger partial charge in [-0.05, 0) is 57.5 Å². The van der Waals surface area contributed by atoms with Gasteiger partial charge >= 0.3 is 0 Å². The molecule has 0 fully saturated rings. The van der Waals surface area contributed by atoms with E-state index in [2.05, 4.69) is 21.6 Å². The van der Waals surface area contributed by atoms with Crippen LogP contribution in [0.5, 0.6) is 0 Å². The first-order valence-electron chi connectivity index (χ1n) is 8.90. The smallest absolute Gasteiger partial charge is 0.251 e. The number of nitrogens with zero attached hydrogens (tertiary/aromatic N) is 4. The first kappa shape index (κ1) is 17.9. The Kier molecular flexibility index (Phi) is 5.21. The number of benzene rings is 1. The SMILES string of the molecule is CCn1ccc(C(C)NC(=O)c2ccc(Cn3nc(C)cc3C)cc2)n1. The molecule has 26 heavy (non-hydrogen) atoms. The van der Waals surface area contributed by atoms with Crippen molar-refractivity contribution in [3.8, 4) is 0 Å². The number of hydrogen-bond acceptors (Lipinski definition) is 3. The van der Waals surface area contributed by atoms with E-state index in [1.54, 1.807) is 0 Å². The van der Waals surface area contributed by atoms with Gasteiger partial charge in [-0.3, -0.25) is 14.2 Å². The summed E-state index contributed by atoms with van der Waals surface area (Å²) >= 11 is 0. The number of amides is 1. The standard InChI is InChI=1S/C20H25N5O/c1-5-24-11-10-19(23-24)16(4)21-20(26)18-8-6-17(7-9-18)13-25-15(3)12-14(2)22-25/h6-12,16H,5,13H2,1-4H3,(H,21,26). The summed E-state index contributed by atoms with van der Waals surface area (Å²) in [5, 5.41) is 11.9. The van der Waals surface area contributed by atoms with E-state index in [1.807, 2.05) is 73.6 Å². The first-order valence-corrected chi connectivity index (χ1v) is 8.90. The Labute approximate surface area is 153 Å². The molecule has 0 bridgehead atoms. The second-order valence-corrected chi connectivity index (χ2v) is 6.57. The molecule has 0 aliphatic rings. The lowest BCUT2D eigenvalue weighted by atomic mass is 10.1. The zero-order chi connectivity index (χ0) is 18.7. The lowest BCUT2D eigenvalue weighted by molar-refractivity contribution is 0.0939. The maximum Gasteiger partial charge on any atom is 0.251 e. The minimum absolute atomic E-state index is 0.0961. The monoisotopic (exact) mass is 351 g/mol. The van der Waals surface area contributed by atoms with Gasteiger partial charge in [0.15, 0.2) is 0 Å². The van der Waals surface area contributed by atoms with Crippen LogP contribution in [-0.2, 0) is 13.1 Å². The van der Waals surface area contributed by atoms with Gasteiger partial charge in [0.05, 0.1) is 24.0 Å². The summed E-state index contributed by atoms with van der Waals surface area (Å²) in [6.07, 6.45) is 1.92. The van der Waals surface area contributed by atoms with Crippen LogP contribution in [0.2, 0.25) is 0 Å². The second kappa shape index (κ2) is 7.56. The minimum Gasteiger partial charge on any atom is -0.344 e. The third-order valence-corrected chi connectivity index (χ3v) is 4.43. The molecule has 6 nitrogen and oxygen atoms in total. The summed E-state index contributed by atoms with van der Waals surface area (Å²) in [5.41, 5.74) is 4.76. The summed E-state index contributed by atoms with van der Waals surface area (Å²) in [4.78, 5) is 12.5. The highest BCUT2D eigenvalue weighted by Gasteiger charge is 2.13. The van der Waals surface area contributed by atoms with Gasteiger partial charge in [-0.2, -0.15) is 10.2 Å². The van der Waals surface area contributed by atoms with E-state index in [1.165, 1.54) is 0 Å². The van der Waals surface area contributed by atoms with Crippen LogP contribution >= 0.6 is 0 Å². The predicted molar refractivity (Wildman–Crippen MR) is 101 cm³/mol. The van der Waals surface area contributed by atoms with E-state index in [4.69, 9.17) is 0 Å². The highest BCUT2D eigenvalue weighted by Crippen LogP contribution is 2.13. The molecule has 1 aromatic carbocycles. The molecule has 0 saturated carbocycles.